The second kappa shape index (κ2) is 3.98. The van der Waals surface area contributed by atoms with E-state index in [0.29, 0.717) is 18.8 Å². The third kappa shape index (κ3) is 2.15. The van der Waals surface area contributed by atoms with Crippen molar-refractivity contribution in [1.29, 1.82) is 0 Å². The Labute approximate surface area is 87.5 Å². The van der Waals surface area contributed by atoms with Gasteiger partial charge in [0.15, 0.2) is 5.69 Å². The van der Waals surface area contributed by atoms with Gasteiger partial charge < -0.3 is 10.0 Å². The number of nitrogens with zero attached hydrogens (tertiary/aromatic N) is 4. The van der Waals surface area contributed by atoms with E-state index in [1.54, 1.807) is 18.1 Å². The molecule has 82 valence electrons. The molecular weight excluding hydrogens is 196 g/mol. The summed E-state index contributed by atoms with van der Waals surface area (Å²) in [6.45, 7) is 1.09. The first-order valence-electron chi connectivity index (χ1n) is 5.00. The van der Waals surface area contributed by atoms with E-state index < -0.39 is 6.10 Å². The maximum absolute atomic E-state index is 11.9. The van der Waals surface area contributed by atoms with Gasteiger partial charge in [0.2, 0.25) is 0 Å². The van der Waals surface area contributed by atoms with Gasteiger partial charge in [-0.2, -0.15) is 0 Å². The Hall–Kier alpha value is -1.43. The first-order chi connectivity index (χ1) is 7.16. The molecule has 1 saturated heterocycles. The van der Waals surface area contributed by atoms with Crippen LogP contribution in [0.3, 0.4) is 0 Å². The summed E-state index contributed by atoms with van der Waals surface area (Å²) in [6.07, 6.45) is 2.79. The Morgan fingerprint density at radius 2 is 2.47 bits per heavy atom. The fraction of sp³-hybridized carbons (Fsp3) is 0.667. The molecule has 0 radical (unpaired) electrons. The summed E-state index contributed by atoms with van der Waals surface area (Å²) in [6, 6.07) is 0. The molecule has 2 heterocycles. The number of aryl methyl sites for hydroxylation is 1. The van der Waals surface area contributed by atoms with Gasteiger partial charge in [-0.15, -0.1) is 5.10 Å². The molecule has 1 amide bonds. The third-order valence-corrected chi connectivity index (χ3v) is 2.51. The normalized spacial score (nSPS) is 21.7. The lowest BCUT2D eigenvalue weighted by atomic mass is 10.1. The van der Waals surface area contributed by atoms with Gasteiger partial charge in [0.1, 0.15) is 0 Å². The van der Waals surface area contributed by atoms with E-state index in [1.807, 2.05) is 0 Å². The Bertz CT molecular complexity index is 363. The van der Waals surface area contributed by atoms with Crippen LogP contribution >= 0.6 is 0 Å². The van der Waals surface area contributed by atoms with Gasteiger partial charge in [0.05, 0.1) is 12.3 Å². The lowest BCUT2D eigenvalue weighted by Gasteiger charge is -2.29. The number of rotatable bonds is 1. The molecule has 6 heteroatoms. The van der Waals surface area contributed by atoms with Crippen molar-refractivity contribution in [2.45, 2.75) is 18.9 Å². The summed E-state index contributed by atoms with van der Waals surface area (Å²) >= 11 is 0. The van der Waals surface area contributed by atoms with Gasteiger partial charge in [-0.3, -0.25) is 9.48 Å². The average molecular weight is 210 g/mol. The molecule has 6 nitrogen and oxygen atoms in total. The molecule has 1 fully saturated rings. The van der Waals surface area contributed by atoms with Crippen LogP contribution in [0.15, 0.2) is 6.20 Å². The van der Waals surface area contributed by atoms with E-state index in [2.05, 4.69) is 10.3 Å². The van der Waals surface area contributed by atoms with Gasteiger partial charge in [-0.1, -0.05) is 5.21 Å². The summed E-state index contributed by atoms with van der Waals surface area (Å²) in [4.78, 5) is 13.5. The number of likely N-dealkylation sites (tertiary alicyclic amines) is 1. The molecule has 1 atom stereocenters. The van der Waals surface area contributed by atoms with Crippen LogP contribution in [-0.2, 0) is 7.05 Å². The number of β-amino-alcohol motifs (C(OH)–C–C–N with tert-alkyl or cyclic N) is 1. The molecule has 0 aliphatic carbocycles. The molecule has 15 heavy (non-hydrogen) atoms. The Kier molecular flexibility index (Phi) is 2.68. The second-order valence-electron chi connectivity index (χ2n) is 3.82. The van der Waals surface area contributed by atoms with E-state index in [1.165, 1.54) is 4.68 Å². The van der Waals surface area contributed by atoms with E-state index in [0.717, 1.165) is 12.8 Å². The second-order valence-corrected chi connectivity index (χ2v) is 3.82. The molecule has 1 unspecified atom stereocenters. The highest BCUT2D eigenvalue weighted by Gasteiger charge is 2.24. The van der Waals surface area contributed by atoms with Gasteiger partial charge >= 0.3 is 0 Å². The molecule has 1 aromatic heterocycles. The van der Waals surface area contributed by atoms with Crippen molar-refractivity contribution in [3.8, 4) is 0 Å². The number of amides is 1. The van der Waals surface area contributed by atoms with Crippen LogP contribution in [0.25, 0.3) is 0 Å². The summed E-state index contributed by atoms with van der Waals surface area (Å²) < 4.78 is 1.49. The SMILES string of the molecule is Cn1cc(C(=O)N2CCCC(O)C2)nn1. The van der Waals surface area contributed by atoms with E-state index in [4.69, 9.17) is 0 Å². The highest BCUT2D eigenvalue weighted by atomic mass is 16.3. The molecule has 1 aliphatic heterocycles. The molecule has 1 aromatic rings. The van der Waals surface area contributed by atoms with Gasteiger partial charge in [-0.25, -0.2) is 0 Å². The van der Waals surface area contributed by atoms with Crippen LogP contribution < -0.4 is 0 Å². The maximum atomic E-state index is 11.9. The molecule has 2 rings (SSSR count). The molecular formula is C9H14N4O2. The summed E-state index contributed by atoms with van der Waals surface area (Å²) in [7, 11) is 1.72. The third-order valence-electron chi connectivity index (χ3n) is 2.51. The van der Waals surface area contributed by atoms with E-state index in [9.17, 15) is 9.90 Å². The van der Waals surface area contributed by atoms with Crippen LogP contribution in [0, 0.1) is 0 Å². The van der Waals surface area contributed by atoms with Crippen molar-refractivity contribution in [2.24, 2.45) is 7.05 Å². The number of carbonyl (C=O) groups is 1. The van der Waals surface area contributed by atoms with Crippen molar-refractivity contribution < 1.29 is 9.90 Å². The van der Waals surface area contributed by atoms with Crippen LogP contribution in [0.1, 0.15) is 23.3 Å². The Balaban J connectivity index is 2.07. The average Bonchev–Trinajstić information content (AvgIpc) is 2.64. The van der Waals surface area contributed by atoms with Crippen molar-refractivity contribution in [2.75, 3.05) is 13.1 Å². The smallest absolute Gasteiger partial charge is 0.276 e. The van der Waals surface area contributed by atoms with Crippen molar-refractivity contribution in [3.05, 3.63) is 11.9 Å². The fourth-order valence-electron chi connectivity index (χ4n) is 1.75. The lowest BCUT2D eigenvalue weighted by Crippen LogP contribution is -2.42. The van der Waals surface area contributed by atoms with Gasteiger partial charge in [0.25, 0.3) is 5.91 Å². The zero-order valence-electron chi connectivity index (χ0n) is 8.63. The number of aliphatic hydroxyl groups excluding tert-OH is 1. The number of hydrogen-bond donors (Lipinski definition) is 1. The van der Waals surface area contributed by atoms with Crippen LogP contribution in [-0.4, -0.2) is 50.1 Å². The number of piperidine rings is 1. The number of carbonyl (C=O) groups excluding carboxylic acids is 1. The topological polar surface area (TPSA) is 71.2 Å². The zero-order chi connectivity index (χ0) is 10.8. The monoisotopic (exact) mass is 210 g/mol. The molecule has 0 spiro atoms. The van der Waals surface area contributed by atoms with E-state index >= 15 is 0 Å². The molecule has 1 aliphatic rings. The van der Waals surface area contributed by atoms with Crippen LogP contribution in [0.5, 0.6) is 0 Å². The van der Waals surface area contributed by atoms with E-state index in [-0.39, 0.29) is 5.91 Å². The quantitative estimate of drug-likeness (QED) is 0.672. The first-order valence-corrected chi connectivity index (χ1v) is 5.00. The largest absolute Gasteiger partial charge is 0.391 e. The Morgan fingerprint density at radius 1 is 1.67 bits per heavy atom. The highest BCUT2D eigenvalue weighted by molar-refractivity contribution is 5.92. The lowest BCUT2D eigenvalue weighted by molar-refractivity contribution is 0.0469. The molecule has 1 N–H and O–H groups in total. The van der Waals surface area contributed by atoms with Crippen LogP contribution in [0.2, 0.25) is 0 Å². The highest BCUT2D eigenvalue weighted by Crippen LogP contribution is 2.12. The summed E-state index contributed by atoms with van der Waals surface area (Å²) in [5.41, 5.74) is 0.339. The number of aliphatic hydroxyl groups is 1. The minimum absolute atomic E-state index is 0.151. The number of aromatic nitrogens is 3. The van der Waals surface area contributed by atoms with Crippen molar-refractivity contribution in [1.82, 2.24) is 19.9 Å². The molecule has 0 bridgehead atoms. The fourth-order valence-corrected chi connectivity index (χ4v) is 1.75. The molecule has 0 saturated carbocycles. The Morgan fingerprint density at radius 3 is 3.07 bits per heavy atom. The summed E-state index contributed by atoms with van der Waals surface area (Å²) in [5, 5.41) is 16.9. The minimum Gasteiger partial charge on any atom is -0.391 e. The standard InChI is InChI=1S/C9H14N4O2/c1-12-6-8(10-11-12)9(15)13-4-2-3-7(14)5-13/h6-7,14H,2-5H2,1H3. The first kappa shape index (κ1) is 10.1. The predicted molar refractivity (Wildman–Crippen MR) is 52.1 cm³/mol. The number of hydrogen-bond acceptors (Lipinski definition) is 4. The summed E-state index contributed by atoms with van der Waals surface area (Å²) in [5.74, 6) is -0.151. The maximum Gasteiger partial charge on any atom is 0.276 e. The van der Waals surface area contributed by atoms with Gasteiger partial charge in [-0.05, 0) is 12.8 Å². The predicted octanol–water partition coefficient (Wildman–Crippen LogP) is -0.588. The minimum atomic E-state index is -0.403. The van der Waals surface area contributed by atoms with Gasteiger partial charge in [0, 0.05) is 20.1 Å². The zero-order valence-corrected chi connectivity index (χ0v) is 8.63. The molecule has 0 aromatic carbocycles. The van der Waals surface area contributed by atoms with Crippen LogP contribution in [0.4, 0.5) is 0 Å². The van der Waals surface area contributed by atoms with Crippen molar-refractivity contribution in [3.63, 3.8) is 0 Å². The van der Waals surface area contributed by atoms with Crippen molar-refractivity contribution >= 4 is 5.91 Å².